The predicted molar refractivity (Wildman–Crippen MR) is 101 cm³/mol. The molecule has 0 saturated carbocycles. The zero-order valence-electron chi connectivity index (χ0n) is 13.7. The number of halogens is 1. The lowest BCUT2D eigenvalue weighted by Gasteiger charge is -2.30. The molecule has 1 amide bonds. The molecule has 1 aromatic heterocycles. The summed E-state index contributed by atoms with van der Waals surface area (Å²) in [6.45, 7) is 2.84. The van der Waals surface area contributed by atoms with Crippen molar-refractivity contribution < 1.29 is 4.79 Å². The number of likely N-dealkylation sites (tertiary alicyclic amines) is 1. The van der Waals surface area contributed by atoms with Gasteiger partial charge in [-0.15, -0.1) is 11.3 Å². The third-order valence-electron chi connectivity index (χ3n) is 4.50. The van der Waals surface area contributed by atoms with Crippen molar-refractivity contribution in [3.05, 3.63) is 57.2 Å². The van der Waals surface area contributed by atoms with Gasteiger partial charge in [0.2, 0.25) is 0 Å². The number of nitrogens with one attached hydrogen (secondary N) is 1. The van der Waals surface area contributed by atoms with E-state index in [1.807, 2.05) is 6.07 Å². The van der Waals surface area contributed by atoms with Crippen LogP contribution in [-0.4, -0.2) is 30.4 Å². The first kappa shape index (κ1) is 17.5. The van der Waals surface area contributed by atoms with Gasteiger partial charge in [-0.25, -0.2) is 0 Å². The maximum Gasteiger partial charge on any atom is 0.251 e. The van der Waals surface area contributed by atoms with Crippen molar-refractivity contribution in [1.82, 2.24) is 10.2 Å². The van der Waals surface area contributed by atoms with E-state index >= 15 is 0 Å². The average Bonchev–Trinajstić information content (AvgIpc) is 2.98. The standard InChI is InChI=1S/C19H23ClN2OS/c20-16-8-5-7-15(13-16)19(23)21-14-17(18-9-6-12-24-18)22-10-3-1-2-4-11-22/h5-9,12-13,17H,1-4,10-11,14H2,(H,21,23). The molecule has 1 aliphatic heterocycles. The number of carbonyl (C=O) groups is 1. The average molecular weight is 363 g/mol. The van der Waals surface area contributed by atoms with E-state index in [0.29, 0.717) is 17.1 Å². The second-order valence-electron chi connectivity index (χ2n) is 6.20. The lowest BCUT2D eigenvalue weighted by molar-refractivity contribution is 0.0934. The van der Waals surface area contributed by atoms with Crippen LogP contribution in [0.2, 0.25) is 5.02 Å². The highest BCUT2D eigenvalue weighted by Crippen LogP contribution is 2.27. The summed E-state index contributed by atoms with van der Waals surface area (Å²) in [7, 11) is 0. The van der Waals surface area contributed by atoms with Crippen LogP contribution >= 0.6 is 22.9 Å². The molecule has 2 heterocycles. The van der Waals surface area contributed by atoms with Gasteiger partial charge in [0.15, 0.2) is 0 Å². The molecule has 0 radical (unpaired) electrons. The van der Waals surface area contributed by atoms with Gasteiger partial charge >= 0.3 is 0 Å². The Labute approximate surface area is 152 Å². The molecule has 0 aliphatic carbocycles. The van der Waals surface area contributed by atoms with E-state index in [4.69, 9.17) is 11.6 Å². The van der Waals surface area contributed by atoms with E-state index in [-0.39, 0.29) is 11.9 Å². The van der Waals surface area contributed by atoms with E-state index in [1.54, 1.807) is 29.5 Å². The topological polar surface area (TPSA) is 32.3 Å². The van der Waals surface area contributed by atoms with Crippen LogP contribution in [0.3, 0.4) is 0 Å². The molecule has 0 spiro atoms. The Morgan fingerprint density at radius 3 is 2.62 bits per heavy atom. The van der Waals surface area contributed by atoms with Crippen LogP contribution < -0.4 is 5.32 Å². The summed E-state index contributed by atoms with van der Waals surface area (Å²) in [5, 5.41) is 5.80. The number of nitrogens with zero attached hydrogens (tertiary/aromatic N) is 1. The molecule has 5 heteroatoms. The number of thiophene rings is 1. The second kappa shape index (κ2) is 8.65. The molecule has 3 rings (SSSR count). The van der Waals surface area contributed by atoms with Gasteiger partial charge < -0.3 is 5.32 Å². The van der Waals surface area contributed by atoms with Crippen LogP contribution in [-0.2, 0) is 0 Å². The summed E-state index contributed by atoms with van der Waals surface area (Å²) in [5.41, 5.74) is 0.614. The Kier molecular flexibility index (Phi) is 6.30. The van der Waals surface area contributed by atoms with Crippen LogP contribution in [0.25, 0.3) is 0 Å². The lowest BCUT2D eigenvalue weighted by Crippen LogP contribution is -2.38. The van der Waals surface area contributed by atoms with Crippen LogP contribution in [0.5, 0.6) is 0 Å². The fourth-order valence-corrected chi connectivity index (χ4v) is 4.27. The summed E-state index contributed by atoms with van der Waals surface area (Å²) in [4.78, 5) is 16.3. The normalized spacial score (nSPS) is 17.2. The number of hydrogen-bond acceptors (Lipinski definition) is 3. The molecule has 1 fully saturated rings. The zero-order chi connectivity index (χ0) is 16.8. The minimum Gasteiger partial charge on any atom is -0.350 e. The third kappa shape index (κ3) is 4.59. The molecule has 1 aliphatic rings. The molecule has 1 aromatic carbocycles. The molecule has 1 N–H and O–H groups in total. The van der Waals surface area contributed by atoms with Crippen molar-refractivity contribution in [2.75, 3.05) is 19.6 Å². The molecule has 1 atom stereocenters. The van der Waals surface area contributed by atoms with Gasteiger partial charge in [0.1, 0.15) is 0 Å². The number of hydrogen-bond donors (Lipinski definition) is 1. The van der Waals surface area contributed by atoms with Crippen molar-refractivity contribution in [2.24, 2.45) is 0 Å². The largest absolute Gasteiger partial charge is 0.350 e. The highest BCUT2D eigenvalue weighted by Gasteiger charge is 2.23. The van der Waals surface area contributed by atoms with Crippen LogP contribution in [0.4, 0.5) is 0 Å². The summed E-state index contributed by atoms with van der Waals surface area (Å²) in [6, 6.07) is 11.6. The monoisotopic (exact) mass is 362 g/mol. The first-order valence-electron chi connectivity index (χ1n) is 8.55. The maximum absolute atomic E-state index is 12.4. The Hall–Kier alpha value is -1.36. The summed E-state index contributed by atoms with van der Waals surface area (Å²) in [6.07, 6.45) is 5.10. The van der Waals surface area contributed by atoms with Gasteiger partial charge in [-0.2, -0.15) is 0 Å². The molecular weight excluding hydrogens is 340 g/mol. The van der Waals surface area contributed by atoms with E-state index in [1.165, 1.54) is 30.6 Å². The Morgan fingerprint density at radius 2 is 1.96 bits per heavy atom. The smallest absolute Gasteiger partial charge is 0.251 e. The van der Waals surface area contributed by atoms with E-state index in [2.05, 4.69) is 27.7 Å². The van der Waals surface area contributed by atoms with Crippen molar-refractivity contribution in [3.8, 4) is 0 Å². The fraction of sp³-hybridized carbons (Fsp3) is 0.421. The molecule has 0 bridgehead atoms. The predicted octanol–water partition coefficient (Wildman–Crippen LogP) is 4.75. The molecule has 24 heavy (non-hydrogen) atoms. The molecule has 1 saturated heterocycles. The number of amides is 1. The van der Waals surface area contributed by atoms with Crippen molar-refractivity contribution in [3.63, 3.8) is 0 Å². The molecule has 3 nitrogen and oxygen atoms in total. The minimum atomic E-state index is -0.0612. The highest BCUT2D eigenvalue weighted by atomic mass is 35.5. The van der Waals surface area contributed by atoms with E-state index < -0.39 is 0 Å². The quantitative estimate of drug-likeness (QED) is 0.832. The van der Waals surface area contributed by atoms with Gasteiger partial charge in [0, 0.05) is 22.0 Å². The first-order valence-corrected chi connectivity index (χ1v) is 9.81. The Bertz CT molecular complexity index is 651. The zero-order valence-corrected chi connectivity index (χ0v) is 15.3. The van der Waals surface area contributed by atoms with Crippen LogP contribution in [0.1, 0.15) is 47.0 Å². The van der Waals surface area contributed by atoms with E-state index in [0.717, 1.165) is 13.1 Å². The van der Waals surface area contributed by atoms with Crippen molar-refractivity contribution in [1.29, 1.82) is 0 Å². The summed E-state index contributed by atoms with van der Waals surface area (Å²) in [5.74, 6) is -0.0612. The maximum atomic E-state index is 12.4. The molecular formula is C19H23ClN2OS. The first-order chi connectivity index (χ1) is 11.7. The van der Waals surface area contributed by atoms with E-state index in [9.17, 15) is 4.79 Å². The Balaban J connectivity index is 1.69. The van der Waals surface area contributed by atoms with Gasteiger partial charge in [0.25, 0.3) is 5.91 Å². The number of carbonyl (C=O) groups excluding carboxylic acids is 1. The van der Waals surface area contributed by atoms with Crippen LogP contribution in [0.15, 0.2) is 41.8 Å². The lowest BCUT2D eigenvalue weighted by atomic mass is 10.1. The highest BCUT2D eigenvalue weighted by molar-refractivity contribution is 7.10. The molecule has 2 aromatic rings. The summed E-state index contributed by atoms with van der Waals surface area (Å²) < 4.78 is 0. The molecule has 128 valence electrons. The van der Waals surface area contributed by atoms with Crippen LogP contribution in [0, 0.1) is 0 Å². The van der Waals surface area contributed by atoms with Crippen molar-refractivity contribution >= 4 is 28.8 Å². The third-order valence-corrected chi connectivity index (χ3v) is 5.70. The molecule has 1 unspecified atom stereocenters. The fourth-order valence-electron chi connectivity index (χ4n) is 3.22. The minimum absolute atomic E-state index is 0.0612. The van der Waals surface area contributed by atoms with Gasteiger partial charge in [-0.3, -0.25) is 9.69 Å². The van der Waals surface area contributed by atoms with Gasteiger partial charge in [0.05, 0.1) is 6.04 Å². The Morgan fingerprint density at radius 1 is 1.17 bits per heavy atom. The summed E-state index contributed by atoms with van der Waals surface area (Å²) >= 11 is 7.75. The van der Waals surface area contributed by atoms with Gasteiger partial charge in [-0.1, -0.05) is 36.6 Å². The number of rotatable bonds is 5. The van der Waals surface area contributed by atoms with Crippen molar-refractivity contribution in [2.45, 2.75) is 31.7 Å². The van der Waals surface area contributed by atoms with Gasteiger partial charge in [-0.05, 0) is 55.6 Å². The number of benzene rings is 1. The SMILES string of the molecule is O=C(NCC(c1cccs1)N1CCCCCC1)c1cccc(Cl)c1. The second-order valence-corrected chi connectivity index (χ2v) is 7.62.